The highest BCUT2D eigenvalue weighted by Gasteiger charge is 2.03. The van der Waals surface area contributed by atoms with Crippen molar-refractivity contribution in [2.24, 2.45) is 0 Å². The Hall–Kier alpha value is -2.43. The fraction of sp³-hybridized carbons (Fsp3) is 0.421. The van der Waals surface area contributed by atoms with Gasteiger partial charge in [-0.25, -0.2) is 4.79 Å². The van der Waals surface area contributed by atoms with E-state index in [4.69, 9.17) is 14.2 Å². The average molecular weight is 314 g/mol. The van der Waals surface area contributed by atoms with Gasteiger partial charge in [-0.2, -0.15) is 0 Å². The molecule has 0 aliphatic heterocycles. The normalized spacial score (nSPS) is 9.09. The molecule has 0 aromatic heterocycles. The third kappa shape index (κ3) is 10.9. The van der Waals surface area contributed by atoms with E-state index in [1.54, 1.807) is 0 Å². The number of rotatable bonds is 8. The Morgan fingerprint density at radius 1 is 0.957 bits per heavy atom. The summed E-state index contributed by atoms with van der Waals surface area (Å²) in [6.45, 7) is 3.26. The molecule has 0 aliphatic rings. The van der Waals surface area contributed by atoms with Crippen molar-refractivity contribution in [3.05, 3.63) is 35.9 Å². The maximum absolute atomic E-state index is 11.3. The molecular formula is C19H22O4. The monoisotopic (exact) mass is 314 g/mol. The van der Waals surface area contributed by atoms with Gasteiger partial charge in [0.1, 0.15) is 13.2 Å². The summed E-state index contributed by atoms with van der Waals surface area (Å²) < 4.78 is 15.1. The van der Waals surface area contributed by atoms with E-state index in [-0.39, 0.29) is 13.2 Å². The van der Waals surface area contributed by atoms with Crippen LogP contribution in [0.15, 0.2) is 30.3 Å². The van der Waals surface area contributed by atoms with Crippen molar-refractivity contribution in [1.29, 1.82) is 0 Å². The Morgan fingerprint density at radius 3 is 2.43 bits per heavy atom. The van der Waals surface area contributed by atoms with Gasteiger partial charge in [-0.3, -0.25) is 0 Å². The maximum atomic E-state index is 11.3. The van der Waals surface area contributed by atoms with Crippen LogP contribution in [-0.2, 0) is 20.8 Å². The summed E-state index contributed by atoms with van der Waals surface area (Å²) >= 11 is 0. The number of benzene rings is 1. The van der Waals surface area contributed by atoms with Crippen LogP contribution < -0.4 is 0 Å². The van der Waals surface area contributed by atoms with Crippen LogP contribution in [-0.4, -0.2) is 26.0 Å². The number of ether oxygens (including phenoxy) is 3. The molecule has 0 aliphatic carbocycles. The van der Waals surface area contributed by atoms with Crippen molar-refractivity contribution >= 4 is 6.16 Å². The van der Waals surface area contributed by atoms with Crippen LogP contribution in [0.4, 0.5) is 4.79 Å². The molecule has 0 saturated carbocycles. The molecule has 0 spiro atoms. The molecule has 0 N–H and O–H groups in total. The first-order valence-corrected chi connectivity index (χ1v) is 7.70. The van der Waals surface area contributed by atoms with Gasteiger partial charge >= 0.3 is 6.16 Å². The van der Waals surface area contributed by atoms with E-state index in [9.17, 15) is 4.79 Å². The van der Waals surface area contributed by atoms with Crippen LogP contribution in [0.3, 0.4) is 0 Å². The van der Waals surface area contributed by atoms with Crippen LogP contribution in [0.5, 0.6) is 0 Å². The lowest BCUT2D eigenvalue weighted by Gasteiger charge is -2.06. The number of carbonyl (C=O) groups is 1. The minimum Gasteiger partial charge on any atom is -0.432 e. The van der Waals surface area contributed by atoms with Crippen molar-refractivity contribution in [1.82, 2.24) is 0 Å². The van der Waals surface area contributed by atoms with Crippen molar-refractivity contribution in [3.8, 4) is 23.7 Å². The lowest BCUT2D eigenvalue weighted by Crippen LogP contribution is -2.12. The SMILES string of the molecule is CCCC#CC#CCCOCCOC(=O)OCc1ccccc1. The summed E-state index contributed by atoms with van der Waals surface area (Å²) in [5, 5.41) is 0. The average Bonchev–Trinajstić information content (AvgIpc) is 2.59. The zero-order chi connectivity index (χ0) is 16.6. The van der Waals surface area contributed by atoms with E-state index in [2.05, 4.69) is 30.6 Å². The number of hydrogen-bond acceptors (Lipinski definition) is 4. The van der Waals surface area contributed by atoms with Crippen LogP contribution in [0, 0.1) is 23.7 Å². The van der Waals surface area contributed by atoms with Crippen LogP contribution in [0.1, 0.15) is 31.7 Å². The molecule has 0 saturated heterocycles. The van der Waals surface area contributed by atoms with Gasteiger partial charge in [-0.05, 0) is 23.8 Å². The molecule has 0 radical (unpaired) electrons. The van der Waals surface area contributed by atoms with Gasteiger partial charge in [-0.1, -0.05) is 49.1 Å². The highest BCUT2D eigenvalue weighted by Crippen LogP contribution is 2.01. The van der Waals surface area contributed by atoms with Gasteiger partial charge in [0.2, 0.25) is 0 Å². The Labute approximate surface area is 138 Å². The van der Waals surface area contributed by atoms with E-state index in [0.29, 0.717) is 19.6 Å². The Balaban J connectivity index is 1.96. The van der Waals surface area contributed by atoms with E-state index < -0.39 is 6.16 Å². The molecule has 4 heteroatoms. The molecule has 0 unspecified atom stereocenters. The first-order chi connectivity index (χ1) is 11.3. The second kappa shape index (κ2) is 13.2. The molecule has 0 heterocycles. The lowest BCUT2D eigenvalue weighted by atomic mass is 10.2. The van der Waals surface area contributed by atoms with Crippen molar-refractivity contribution < 1.29 is 19.0 Å². The molecular weight excluding hydrogens is 292 g/mol. The lowest BCUT2D eigenvalue weighted by molar-refractivity contribution is 0.0244. The van der Waals surface area contributed by atoms with Crippen molar-refractivity contribution in [3.63, 3.8) is 0 Å². The summed E-state index contributed by atoms with van der Waals surface area (Å²) in [5.41, 5.74) is 0.918. The summed E-state index contributed by atoms with van der Waals surface area (Å²) in [6, 6.07) is 9.43. The van der Waals surface area contributed by atoms with Crippen molar-refractivity contribution in [2.45, 2.75) is 32.8 Å². The number of carbonyl (C=O) groups excluding carboxylic acids is 1. The molecule has 0 fully saturated rings. The van der Waals surface area contributed by atoms with E-state index in [0.717, 1.165) is 18.4 Å². The van der Waals surface area contributed by atoms with Gasteiger partial charge in [-0.15, -0.1) is 0 Å². The maximum Gasteiger partial charge on any atom is 0.508 e. The highest BCUT2D eigenvalue weighted by atomic mass is 16.7. The molecule has 1 aromatic rings. The Morgan fingerprint density at radius 2 is 1.70 bits per heavy atom. The third-order valence-electron chi connectivity index (χ3n) is 2.63. The standard InChI is InChI=1S/C19H22O4/c1-2-3-4-5-6-7-11-14-21-15-16-22-19(20)23-17-18-12-9-8-10-13-18/h8-10,12-13H,2-3,11,14-17H2,1H3. The molecule has 1 aromatic carbocycles. The van der Waals surface area contributed by atoms with Gasteiger partial charge < -0.3 is 14.2 Å². The summed E-state index contributed by atoms with van der Waals surface area (Å²) in [6.07, 6.45) is 1.84. The Kier molecular flexibility index (Phi) is 10.7. The second-order valence-electron chi connectivity index (χ2n) is 4.59. The van der Waals surface area contributed by atoms with Gasteiger partial charge in [0.15, 0.2) is 0 Å². The van der Waals surface area contributed by atoms with Crippen molar-refractivity contribution in [2.75, 3.05) is 19.8 Å². The fourth-order valence-electron chi connectivity index (χ4n) is 1.51. The summed E-state index contributed by atoms with van der Waals surface area (Å²) in [5.74, 6) is 11.4. The quantitative estimate of drug-likeness (QED) is 0.418. The molecule has 0 atom stereocenters. The van der Waals surface area contributed by atoms with Crippen LogP contribution in [0.25, 0.3) is 0 Å². The molecule has 0 bridgehead atoms. The molecule has 0 amide bonds. The predicted octanol–water partition coefficient (Wildman–Crippen LogP) is 3.55. The first kappa shape index (κ1) is 18.6. The highest BCUT2D eigenvalue weighted by molar-refractivity contribution is 5.59. The Bertz CT molecular complexity index is 558. The first-order valence-electron chi connectivity index (χ1n) is 7.70. The fourth-order valence-corrected chi connectivity index (χ4v) is 1.51. The smallest absolute Gasteiger partial charge is 0.432 e. The largest absolute Gasteiger partial charge is 0.508 e. The van der Waals surface area contributed by atoms with Crippen LogP contribution in [0.2, 0.25) is 0 Å². The van der Waals surface area contributed by atoms with Gasteiger partial charge in [0.05, 0.1) is 13.2 Å². The van der Waals surface area contributed by atoms with E-state index in [1.807, 2.05) is 30.3 Å². The number of unbranched alkanes of at least 4 members (excludes halogenated alkanes) is 1. The molecule has 4 nitrogen and oxygen atoms in total. The minimum absolute atomic E-state index is 0.164. The zero-order valence-electron chi connectivity index (χ0n) is 13.5. The summed E-state index contributed by atoms with van der Waals surface area (Å²) in [4.78, 5) is 11.3. The van der Waals surface area contributed by atoms with E-state index in [1.165, 1.54) is 0 Å². The molecule has 122 valence electrons. The van der Waals surface area contributed by atoms with E-state index >= 15 is 0 Å². The zero-order valence-corrected chi connectivity index (χ0v) is 13.5. The topological polar surface area (TPSA) is 44.8 Å². The van der Waals surface area contributed by atoms with Crippen LogP contribution >= 0.6 is 0 Å². The third-order valence-corrected chi connectivity index (χ3v) is 2.63. The predicted molar refractivity (Wildman–Crippen MR) is 88.5 cm³/mol. The second-order valence-corrected chi connectivity index (χ2v) is 4.59. The minimum atomic E-state index is -0.691. The summed E-state index contributed by atoms with van der Waals surface area (Å²) in [7, 11) is 0. The number of hydrogen-bond donors (Lipinski definition) is 0. The van der Waals surface area contributed by atoms with Gasteiger partial charge in [0.25, 0.3) is 0 Å². The molecule has 23 heavy (non-hydrogen) atoms. The molecule has 1 rings (SSSR count). The van der Waals surface area contributed by atoms with Gasteiger partial charge in [0, 0.05) is 12.8 Å².